The first-order valence-electron chi connectivity index (χ1n) is 5.98. The molecule has 6 nitrogen and oxygen atoms in total. The van der Waals surface area contributed by atoms with E-state index in [0.29, 0.717) is 6.29 Å². The Morgan fingerprint density at radius 2 is 1.86 bits per heavy atom. The number of carbonyl (C=O) groups excluding carboxylic acids is 1. The van der Waals surface area contributed by atoms with Crippen molar-refractivity contribution in [3.8, 4) is 5.75 Å². The fourth-order valence-corrected chi connectivity index (χ4v) is 3.69. The van der Waals surface area contributed by atoms with Crippen molar-refractivity contribution in [1.82, 2.24) is 4.72 Å². The topological polar surface area (TPSA) is 86.7 Å². The monoisotopic (exact) mass is 332 g/mol. The predicted octanol–water partition coefficient (Wildman–Crippen LogP) is 0.119. The van der Waals surface area contributed by atoms with Crippen LogP contribution in [-0.2, 0) is 15.0 Å². The van der Waals surface area contributed by atoms with E-state index in [4.69, 9.17) is 0 Å². The second-order valence-electron chi connectivity index (χ2n) is 4.58. The third-order valence-electron chi connectivity index (χ3n) is 3.23. The Morgan fingerprint density at radius 1 is 1.24 bits per heavy atom. The van der Waals surface area contributed by atoms with Crippen LogP contribution in [0, 0.1) is 0 Å². The van der Waals surface area contributed by atoms with Crippen LogP contribution in [0.2, 0.25) is 0 Å². The molecule has 0 radical (unpaired) electrons. The van der Waals surface area contributed by atoms with Crippen molar-refractivity contribution >= 4 is 84.3 Å². The van der Waals surface area contributed by atoms with Gasteiger partial charge in [-0.25, -0.2) is 0 Å². The van der Waals surface area contributed by atoms with E-state index in [1.807, 2.05) is 24.3 Å². The summed E-state index contributed by atoms with van der Waals surface area (Å²) in [6.07, 6.45) is 0.537. The number of fused-ring (bicyclic) bond motifs is 1. The van der Waals surface area contributed by atoms with Gasteiger partial charge in [-0.05, 0) is 22.9 Å². The molecule has 0 bridgehead atoms. The standard InChI is InChI=1S/C13H12N2O4S.K.H/c16-8-11-7-15(20(18,19)14-11)12-5-9-3-1-2-4-10(9)6-13(12)17;;/h1-6,8,11,14,17H,7H2;;. The summed E-state index contributed by atoms with van der Waals surface area (Å²) in [6, 6.07) is 9.61. The normalized spacial score (nSPS) is 20.2. The van der Waals surface area contributed by atoms with Crippen molar-refractivity contribution in [3.05, 3.63) is 36.4 Å². The second-order valence-corrected chi connectivity index (χ2v) is 6.21. The van der Waals surface area contributed by atoms with Gasteiger partial charge in [0.1, 0.15) is 12.0 Å². The molecule has 1 unspecified atom stereocenters. The maximum absolute atomic E-state index is 12.0. The van der Waals surface area contributed by atoms with Gasteiger partial charge in [0.25, 0.3) is 0 Å². The molecule has 0 amide bonds. The molecule has 1 fully saturated rings. The minimum atomic E-state index is -3.80. The molecule has 0 spiro atoms. The van der Waals surface area contributed by atoms with Gasteiger partial charge in [-0.15, -0.1) is 0 Å². The van der Waals surface area contributed by atoms with E-state index < -0.39 is 16.3 Å². The van der Waals surface area contributed by atoms with Gasteiger partial charge < -0.3 is 9.90 Å². The first-order valence-corrected chi connectivity index (χ1v) is 7.42. The van der Waals surface area contributed by atoms with Crippen LogP contribution in [0.5, 0.6) is 5.75 Å². The fraction of sp³-hybridized carbons (Fsp3) is 0.154. The molecule has 1 atom stereocenters. The summed E-state index contributed by atoms with van der Waals surface area (Å²) < 4.78 is 27.2. The van der Waals surface area contributed by atoms with E-state index in [-0.39, 0.29) is 69.4 Å². The van der Waals surface area contributed by atoms with Crippen molar-refractivity contribution in [2.45, 2.75) is 6.04 Å². The van der Waals surface area contributed by atoms with Crippen LogP contribution in [0.15, 0.2) is 36.4 Å². The number of carbonyl (C=O) groups is 1. The van der Waals surface area contributed by atoms with Gasteiger partial charge in [0.15, 0.2) is 0 Å². The zero-order chi connectivity index (χ0) is 14.3. The molecule has 3 rings (SSSR count). The second kappa shape index (κ2) is 6.33. The Bertz CT molecular complexity index is 794. The number of nitrogens with one attached hydrogen (secondary N) is 1. The molecule has 2 N–H and O–H groups in total. The number of phenolic OH excluding ortho intramolecular Hbond substituents is 1. The average Bonchev–Trinajstić information content (AvgIpc) is 2.73. The molecule has 2 aromatic rings. The number of hydrogen-bond acceptors (Lipinski definition) is 4. The number of phenols is 1. The zero-order valence-electron chi connectivity index (χ0n) is 10.4. The van der Waals surface area contributed by atoms with Crippen molar-refractivity contribution < 1.29 is 18.3 Å². The number of aromatic hydroxyl groups is 1. The van der Waals surface area contributed by atoms with Crippen LogP contribution in [0.1, 0.15) is 0 Å². The predicted molar refractivity (Wildman–Crippen MR) is 82.0 cm³/mol. The summed E-state index contributed by atoms with van der Waals surface area (Å²) in [4.78, 5) is 10.8. The van der Waals surface area contributed by atoms with E-state index in [1.165, 1.54) is 6.07 Å². The molecule has 0 aromatic heterocycles. The van der Waals surface area contributed by atoms with Gasteiger partial charge in [-0.1, -0.05) is 24.3 Å². The van der Waals surface area contributed by atoms with E-state index in [0.717, 1.165) is 15.1 Å². The molecule has 0 saturated carbocycles. The molecule has 1 saturated heterocycles. The molecule has 1 aliphatic heterocycles. The Hall–Kier alpha value is -0.484. The van der Waals surface area contributed by atoms with Crippen molar-refractivity contribution in [2.75, 3.05) is 10.8 Å². The zero-order valence-corrected chi connectivity index (χ0v) is 11.2. The molecule has 1 aliphatic rings. The van der Waals surface area contributed by atoms with Gasteiger partial charge in [-0.2, -0.15) is 13.1 Å². The van der Waals surface area contributed by atoms with Gasteiger partial charge in [-0.3, -0.25) is 4.31 Å². The van der Waals surface area contributed by atoms with Gasteiger partial charge in [0, 0.05) is 0 Å². The van der Waals surface area contributed by atoms with Crippen LogP contribution in [0.3, 0.4) is 0 Å². The number of hydrogen-bond donors (Lipinski definition) is 2. The van der Waals surface area contributed by atoms with Crippen molar-refractivity contribution in [1.29, 1.82) is 0 Å². The number of benzene rings is 2. The SMILES string of the molecule is O=CC1CN(c2cc3ccccc3cc2O)S(=O)(=O)N1.[KH]. The summed E-state index contributed by atoms with van der Waals surface area (Å²) >= 11 is 0. The van der Waals surface area contributed by atoms with E-state index in [9.17, 15) is 18.3 Å². The average molecular weight is 332 g/mol. The van der Waals surface area contributed by atoms with E-state index in [1.54, 1.807) is 6.07 Å². The van der Waals surface area contributed by atoms with Crippen LogP contribution in [-0.4, -0.2) is 83.8 Å². The molecule has 0 aliphatic carbocycles. The Morgan fingerprint density at radius 3 is 2.43 bits per heavy atom. The first-order chi connectivity index (χ1) is 9.51. The molecule has 21 heavy (non-hydrogen) atoms. The molecule has 8 heteroatoms. The van der Waals surface area contributed by atoms with Gasteiger partial charge in [0.05, 0.1) is 18.3 Å². The third kappa shape index (κ3) is 3.16. The van der Waals surface area contributed by atoms with Gasteiger partial charge >= 0.3 is 61.6 Å². The maximum atomic E-state index is 12.0. The minimum absolute atomic E-state index is 0. The number of anilines is 1. The number of nitrogens with zero attached hydrogens (tertiary/aromatic N) is 1. The van der Waals surface area contributed by atoms with Crippen LogP contribution in [0.4, 0.5) is 5.69 Å². The van der Waals surface area contributed by atoms with Crippen LogP contribution >= 0.6 is 0 Å². The molecule has 1 heterocycles. The molecule has 2 aromatic carbocycles. The summed E-state index contributed by atoms with van der Waals surface area (Å²) in [5, 5.41) is 11.7. The summed E-state index contributed by atoms with van der Waals surface area (Å²) in [5.41, 5.74) is 0.167. The summed E-state index contributed by atoms with van der Waals surface area (Å²) in [5.74, 6) is -0.138. The summed E-state index contributed by atoms with van der Waals surface area (Å²) in [7, 11) is -3.80. The quantitative estimate of drug-likeness (QED) is 0.604. The third-order valence-corrected chi connectivity index (χ3v) is 4.76. The van der Waals surface area contributed by atoms with Crippen LogP contribution < -0.4 is 9.03 Å². The molecule has 106 valence electrons. The molecular formula is C13H13KN2O4S. The van der Waals surface area contributed by atoms with Crippen molar-refractivity contribution in [2.24, 2.45) is 0 Å². The van der Waals surface area contributed by atoms with Crippen molar-refractivity contribution in [3.63, 3.8) is 0 Å². The van der Waals surface area contributed by atoms with Gasteiger partial charge in [0.2, 0.25) is 0 Å². The van der Waals surface area contributed by atoms with E-state index in [2.05, 4.69) is 4.72 Å². The Kier molecular flexibility index (Phi) is 5.09. The van der Waals surface area contributed by atoms with Crippen LogP contribution in [0.25, 0.3) is 10.8 Å². The molecular weight excluding hydrogens is 319 g/mol. The Labute approximate surface area is 164 Å². The number of rotatable bonds is 2. The first kappa shape index (κ1) is 16.9. The van der Waals surface area contributed by atoms with E-state index >= 15 is 0 Å². The Balaban J connectivity index is 0.00000161. The summed E-state index contributed by atoms with van der Waals surface area (Å²) in [6.45, 7) is -0.0300. The fourth-order valence-electron chi connectivity index (χ4n) is 2.28. The number of aldehydes is 1.